The lowest BCUT2D eigenvalue weighted by molar-refractivity contribution is -0.172. The van der Waals surface area contributed by atoms with Crippen molar-refractivity contribution < 1.29 is 28.6 Å². The third-order valence-corrected chi connectivity index (χ3v) is 1.90. The van der Waals surface area contributed by atoms with Crippen LogP contribution in [0.3, 0.4) is 0 Å². The second-order valence-corrected chi connectivity index (χ2v) is 3.62. The minimum atomic E-state index is -0.840. The summed E-state index contributed by atoms with van der Waals surface area (Å²) in [6, 6.07) is 0. The van der Waals surface area contributed by atoms with Crippen molar-refractivity contribution in [3.05, 3.63) is 12.7 Å². The van der Waals surface area contributed by atoms with Crippen LogP contribution in [0.5, 0.6) is 0 Å². The van der Waals surface area contributed by atoms with Gasteiger partial charge in [0.2, 0.25) is 0 Å². The predicted molar refractivity (Wildman–Crippen MR) is 62.6 cm³/mol. The van der Waals surface area contributed by atoms with Gasteiger partial charge in [-0.25, -0.2) is 0 Å². The zero-order chi connectivity index (χ0) is 14.1. The first-order valence-corrected chi connectivity index (χ1v) is 5.45. The fourth-order valence-corrected chi connectivity index (χ4v) is 1.28. The topological polar surface area (TPSA) is 78.9 Å². The summed E-state index contributed by atoms with van der Waals surface area (Å²) in [5.74, 6) is -1.57. The van der Waals surface area contributed by atoms with Gasteiger partial charge in [-0.2, -0.15) is 0 Å². The molecule has 0 radical (unpaired) electrons. The number of carbonyl (C=O) groups is 3. The van der Waals surface area contributed by atoms with Crippen LogP contribution in [0.15, 0.2) is 12.7 Å². The van der Waals surface area contributed by atoms with Gasteiger partial charge in [-0.3, -0.25) is 14.4 Å². The maximum atomic E-state index is 11.0. The first kappa shape index (κ1) is 16.1. The molecule has 2 atom stereocenters. The molecule has 0 aliphatic carbocycles. The van der Waals surface area contributed by atoms with Crippen LogP contribution in [-0.4, -0.2) is 36.7 Å². The molecule has 0 saturated heterocycles. The molecule has 0 aromatic rings. The van der Waals surface area contributed by atoms with Crippen LogP contribution in [0.4, 0.5) is 0 Å². The number of hydrogen-bond acceptors (Lipinski definition) is 6. The maximum absolute atomic E-state index is 11.0. The molecular weight excluding hydrogens is 240 g/mol. The molecule has 0 aliphatic rings. The van der Waals surface area contributed by atoms with Gasteiger partial charge < -0.3 is 14.2 Å². The van der Waals surface area contributed by atoms with Gasteiger partial charge in [-0.1, -0.05) is 6.08 Å². The van der Waals surface area contributed by atoms with Crippen LogP contribution in [0, 0.1) is 0 Å². The Bertz CT molecular complexity index is 323. The molecule has 0 rings (SSSR count). The van der Waals surface area contributed by atoms with Gasteiger partial charge in [-0.05, 0) is 0 Å². The van der Waals surface area contributed by atoms with E-state index in [9.17, 15) is 14.4 Å². The standard InChI is InChI=1S/C12H18O6/c1-5-6-11(17-9(3)14)12(18-10(4)15)7-16-8(2)13/h5,11-12H,1,6-7H2,2-4H3. The number of carbonyl (C=O) groups excluding carboxylic acids is 3. The van der Waals surface area contributed by atoms with Crippen LogP contribution in [-0.2, 0) is 28.6 Å². The molecule has 0 amide bonds. The van der Waals surface area contributed by atoms with Crippen LogP contribution >= 0.6 is 0 Å². The quantitative estimate of drug-likeness (QED) is 0.385. The molecule has 0 aromatic carbocycles. The summed E-state index contributed by atoms with van der Waals surface area (Å²) >= 11 is 0. The van der Waals surface area contributed by atoms with Gasteiger partial charge in [-0.15, -0.1) is 6.58 Å². The van der Waals surface area contributed by atoms with E-state index in [0.717, 1.165) is 0 Å². The molecule has 0 aromatic heterocycles. The summed E-state index contributed by atoms with van der Waals surface area (Å²) in [6.45, 7) is 7.06. The largest absolute Gasteiger partial charge is 0.462 e. The smallest absolute Gasteiger partial charge is 0.303 e. The van der Waals surface area contributed by atoms with Crippen molar-refractivity contribution in [2.24, 2.45) is 0 Å². The highest BCUT2D eigenvalue weighted by atomic mass is 16.6. The molecule has 0 fully saturated rings. The highest BCUT2D eigenvalue weighted by molar-refractivity contribution is 5.68. The fourth-order valence-electron chi connectivity index (χ4n) is 1.28. The Morgan fingerprint density at radius 3 is 1.89 bits per heavy atom. The van der Waals surface area contributed by atoms with E-state index in [0.29, 0.717) is 6.42 Å². The van der Waals surface area contributed by atoms with Gasteiger partial charge in [0.05, 0.1) is 0 Å². The zero-order valence-electron chi connectivity index (χ0n) is 10.8. The first-order valence-electron chi connectivity index (χ1n) is 5.45. The Morgan fingerprint density at radius 2 is 1.50 bits per heavy atom. The van der Waals surface area contributed by atoms with E-state index >= 15 is 0 Å². The second kappa shape index (κ2) is 8.27. The Labute approximate surface area is 106 Å². The summed E-state index contributed by atoms with van der Waals surface area (Å²) in [5.41, 5.74) is 0. The lowest BCUT2D eigenvalue weighted by Crippen LogP contribution is -2.38. The third kappa shape index (κ3) is 7.43. The van der Waals surface area contributed by atoms with Gasteiger partial charge in [0, 0.05) is 27.2 Å². The average molecular weight is 258 g/mol. The van der Waals surface area contributed by atoms with Crippen LogP contribution in [0.2, 0.25) is 0 Å². The van der Waals surface area contributed by atoms with Crippen molar-refractivity contribution in [3.8, 4) is 0 Å². The van der Waals surface area contributed by atoms with E-state index < -0.39 is 30.1 Å². The summed E-state index contributed by atoms with van der Waals surface area (Å²) in [6.07, 6.45) is 0.257. The summed E-state index contributed by atoms with van der Waals surface area (Å²) in [7, 11) is 0. The molecule has 0 heterocycles. The van der Waals surface area contributed by atoms with Crippen molar-refractivity contribution in [1.29, 1.82) is 0 Å². The highest BCUT2D eigenvalue weighted by Gasteiger charge is 2.27. The van der Waals surface area contributed by atoms with Gasteiger partial charge in [0.1, 0.15) is 12.7 Å². The minimum absolute atomic E-state index is 0.166. The van der Waals surface area contributed by atoms with Crippen LogP contribution in [0.25, 0.3) is 0 Å². The Kier molecular flexibility index (Phi) is 7.42. The van der Waals surface area contributed by atoms with Gasteiger partial charge in [0.15, 0.2) is 6.10 Å². The van der Waals surface area contributed by atoms with Crippen LogP contribution in [0.1, 0.15) is 27.2 Å². The van der Waals surface area contributed by atoms with E-state index in [2.05, 4.69) is 6.58 Å². The summed E-state index contributed by atoms with van der Waals surface area (Å²) in [4.78, 5) is 32.7. The van der Waals surface area contributed by atoms with E-state index in [-0.39, 0.29) is 6.61 Å². The molecule has 6 nitrogen and oxygen atoms in total. The first-order chi connectivity index (χ1) is 8.36. The summed E-state index contributed by atoms with van der Waals surface area (Å²) < 4.78 is 14.8. The summed E-state index contributed by atoms with van der Waals surface area (Å²) in [5, 5.41) is 0. The average Bonchev–Trinajstić information content (AvgIpc) is 2.22. The van der Waals surface area contributed by atoms with Crippen LogP contribution < -0.4 is 0 Å². The lowest BCUT2D eigenvalue weighted by Gasteiger charge is -2.24. The maximum Gasteiger partial charge on any atom is 0.303 e. The predicted octanol–water partition coefficient (Wildman–Crippen LogP) is 0.989. The van der Waals surface area contributed by atoms with Crippen molar-refractivity contribution >= 4 is 17.9 Å². The molecule has 2 unspecified atom stereocenters. The SMILES string of the molecule is C=CCC(OC(C)=O)C(COC(C)=O)OC(C)=O. The van der Waals surface area contributed by atoms with E-state index in [1.807, 2.05) is 0 Å². The monoisotopic (exact) mass is 258 g/mol. The number of esters is 3. The number of ether oxygens (including phenoxy) is 3. The fraction of sp³-hybridized carbons (Fsp3) is 0.583. The molecular formula is C12H18O6. The Hall–Kier alpha value is -1.85. The number of rotatable bonds is 7. The Balaban J connectivity index is 4.71. The molecule has 18 heavy (non-hydrogen) atoms. The van der Waals surface area contributed by atoms with Crippen molar-refractivity contribution in [3.63, 3.8) is 0 Å². The van der Waals surface area contributed by atoms with Gasteiger partial charge >= 0.3 is 17.9 Å². The number of hydrogen-bond donors (Lipinski definition) is 0. The van der Waals surface area contributed by atoms with Gasteiger partial charge in [0.25, 0.3) is 0 Å². The normalized spacial score (nSPS) is 13.1. The minimum Gasteiger partial charge on any atom is -0.462 e. The van der Waals surface area contributed by atoms with E-state index in [1.54, 1.807) is 0 Å². The molecule has 0 saturated carbocycles. The zero-order valence-corrected chi connectivity index (χ0v) is 10.8. The second-order valence-electron chi connectivity index (χ2n) is 3.62. The van der Waals surface area contributed by atoms with Crippen molar-refractivity contribution in [2.75, 3.05) is 6.61 Å². The third-order valence-electron chi connectivity index (χ3n) is 1.90. The van der Waals surface area contributed by atoms with Crippen molar-refractivity contribution in [1.82, 2.24) is 0 Å². The molecule has 102 valence electrons. The lowest BCUT2D eigenvalue weighted by atomic mass is 10.1. The Morgan fingerprint density at radius 1 is 1.00 bits per heavy atom. The van der Waals surface area contributed by atoms with E-state index in [1.165, 1.54) is 26.8 Å². The van der Waals surface area contributed by atoms with Crippen molar-refractivity contribution in [2.45, 2.75) is 39.4 Å². The molecule has 0 aliphatic heterocycles. The van der Waals surface area contributed by atoms with E-state index in [4.69, 9.17) is 14.2 Å². The molecule has 0 spiro atoms. The molecule has 0 bridgehead atoms. The highest BCUT2D eigenvalue weighted by Crippen LogP contribution is 2.11. The molecule has 0 N–H and O–H groups in total. The molecule has 6 heteroatoms.